The van der Waals surface area contributed by atoms with Crippen molar-refractivity contribution in [2.24, 2.45) is 5.16 Å². The van der Waals surface area contributed by atoms with Gasteiger partial charge in [0.1, 0.15) is 5.60 Å². The summed E-state index contributed by atoms with van der Waals surface area (Å²) in [6.45, 7) is 7.00. The molecule has 0 aromatic heterocycles. The summed E-state index contributed by atoms with van der Waals surface area (Å²) >= 11 is 0. The van der Waals surface area contributed by atoms with Crippen molar-refractivity contribution in [1.29, 1.82) is 0 Å². The molecule has 0 bridgehead atoms. The second-order valence-corrected chi connectivity index (χ2v) is 3.70. The minimum atomic E-state index is -0.528. The first kappa shape index (κ1) is 11.7. The third kappa shape index (κ3) is 7.11. The molecular formula is C8H16N2O3. The zero-order valence-electron chi connectivity index (χ0n) is 8.37. The van der Waals surface area contributed by atoms with Crippen LogP contribution in [0.1, 0.15) is 27.7 Å². The fourth-order valence-corrected chi connectivity index (χ4v) is 0.631. The van der Waals surface area contributed by atoms with Gasteiger partial charge < -0.3 is 15.3 Å². The molecule has 0 saturated carbocycles. The van der Waals surface area contributed by atoms with Crippen LogP contribution in [-0.2, 0) is 4.74 Å². The van der Waals surface area contributed by atoms with Crippen molar-refractivity contribution in [1.82, 2.24) is 5.32 Å². The van der Waals surface area contributed by atoms with Gasteiger partial charge in [-0.05, 0) is 27.7 Å². The molecule has 0 aliphatic heterocycles. The first-order chi connectivity index (χ1) is 5.85. The number of alkyl carbamates (subject to hydrolysis) is 1. The molecule has 13 heavy (non-hydrogen) atoms. The molecule has 5 heteroatoms. The molecule has 76 valence electrons. The van der Waals surface area contributed by atoms with E-state index in [1.807, 2.05) is 0 Å². The average molecular weight is 188 g/mol. The van der Waals surface area contributed by atoms with Crippen molar-refractivity contribution in [3.63, 3.8) is 0 Å². The molecular weight excluding hydrogens is 172 g/mol. The second kappa shape index (κ2) is 4.69. The third-order valence-electron chi connectivity index (χ3n) is 1.03. The lowest BCUT2D eigenvalue weighted by Gasteiger charge is -2.20. The Labute approximate surface area is 77.8 Å². The quantitative estimate of drug-likeness (QED) is 0.390. The van der Waals surface area contributed by atoms with Crippen molar-refractivity contribution >= 4 is 12.3 Å². The van der Waals surface area contributed by atoms with Crippen LogP contribution in [0, 0.1) is 0 Å². The monoisotopic (exact) mass is 188 g/mol. The van der Waals surface area contributed by atoms with E-state index in [4.69, 9.17) is 9.94 Å². The van der Waals surface area contributed by atoms with E-state index in [-0.39, 0.29) is 6.04 Å². The largest absolute Gasteiger partial charge is 0.444 e. The summed E-state index contributed by atoms with van der Waals surface area (Å²) in [5.74, 6) is 0. The van der Waals surface area contributed by atoms with Crippen LogP contribution in [0.2, 0.25) is 0 Å². The summed E-state index contributed by atoms with van der Waals surface area (Å²) in [6.07, 6.45) is 0.670. The number of hydrogen-bond acceptors (Lipinski definition) is 4. The molecule has 0 fully saturated rings. The topological polar surface area (TPSA) is 70.9 Å². The Hall–Kier alpha value is -1.26. The lowest BCUT2D eigenvalue weighted by Crippen LogP contribution is -2.38. The van der Waals surface area contributed by atoms with Gasteiger partial charge in [0.05, 0.1) is 12.3 Å². The SMILES string of the molecule is C[C@@H](C=NO)NC(=O)OC(C)(C)C. The number of nitrogens with one attached hydrogen (secondary N) is 1. The molecule has 0 aliphatic carbocycles. The highest BCUT2D eigenvalue weighted by Crippen LogP contribution is 2.06. The number of nitrogens with zero attached hydrogens (tertiary/aromatic N) is 1. The Morgan fingerprint density at radius 3 is 2.54 bits per heavy atom. The molecule has 0 rings (SSSR count). The zero-order valence-corrected chi connectivity index (χ0v) is 8.37. The van der Waals surface area contributed by atoms with Gasteiger partial charge in [-0.15, -0.1) is 0 Å². The molecule has 0 heterocycles. The highest BCUT2D eigenvalue weighted by atomic mass is 16.6. The molecule has 0 spiro atoms. The maximum absolute atomic E-state index is 11.1. The van der Waals surface area contributed by atoms with E-state index in [0.29, 0.717) is 0 Å². The molecule has 0 radical (unpaired) electrons. The van der Waals surface area contributed by atoms with Crippen LogP contribution in [0.4, 0.5) is 4.79 Å². The zero-order chi connectivity index (χ0) is 10.5. The fourth-order valence-electron chi connectivity index (χ4n) is 0.631. The highest BCUT2D eigenvalue weighted by molar-refractivity contribution is 5.74. The molecule has 0 aliphatic rings. The standard InChI is InChI=1S/C8H16N2O3/c1-6(5-9-12)10-7(11)13-8(2,3)4/h5-6,12H,1-4H3,(H,10,11)/t6-/m0/s1. The van der Waals surface area contributed by atoms with Crippen LogP contribution in [0.3, 0.4) is 0 Å². The van der Waals surface area contributed by atoms with E-state index in [2.05, 4.69) is 10.5 Å². The van der Waals surface area contributed by atoms with Gasteiger partial charge in [0.2, 0.25) is 0 Å². The summed E-state index contributed by atoms with van der Waals surface area (Å²) in [5.41, 5.74) is -0.514. The van der Waals surface area contributed by atoms with Crippen LogP contribution < -0.4 is 5.32 Å². The van der Waals surface area contributed by atoms with E-state index in [9.17, 15) is 4.79 Å². The number of carbonyl (C=O) groups excluding carboxylic acids is 1. The average Bonchev–Trinajstić information content (AvgIpc) is 1.81. The van der Waals surface area contributed by atoms with Crippen LogP contribution in [0.5, 0.6) is 0 Å². The third-order valence-corrected chi connectivity index (χ3v) is 1.03. The maximum Gasteiger partial charge on any atom is 0.408 e. The fraction of sp³-hybridized carbons (Fsp3) is 0.750. The molecule has 2 N–H and O–H groups in total. The molecule has 0 aromatic rings. The van der Waals surface area contributed by atoms with E-state index in [1.54, 1.807) is 27.7 Å². The van der Waals surface area contributed by atoms with Gasteiger partial charge >= 0.3 is 6.09 Å². The Balaban J connectivity index is 3.88. The molecule has 1 amide bonds. The number of carbonyl (C=O) groups is 1. The van der Waals surface area contributed by atoms with Crippen molar-refractivity contribution in [2.75, 3.05) is 0 Å². The first-order valence-electron chi connectivity index (χ1n) is 4.02. The Kier molecular flexibility index (Phi) is 4.23. The van der Waals surface area contributed by atoms with Crippen LogP contribution in [-0.4, -0.2) is 29.2 Å². The van der Waals surface area contributed by atoms with E-state index in [0.717, 1.165) is 0 Å². The van der Waals surface area contributed by atoms with Crippen LogP contribution in [0.25, 0.3) is 0 Å². The van der Waals surface area contributed by atoms with E-state index < -0.39 is 11.7 Å². The molecule has 0 aromatic carbocycles. The summed E-state index contributed by atoms with van der Waals surface area (Å²) in [4.78, 5) is 11.1. The van der Waals surface area contributed by atoms with Crippen LogP contribution >= 0.6 is 0 Å². The molecule has 0 saturated heterocycles. The molecule has 5 nitrogen and oxygen atoms in total. The minimum absolute atomic E-state index is 0.347. The lowest BCUT2D eigenvalue weighted by molar-refractivity contribution is 0.0522. The minimum Gasteiger partial charge on any atom is -0.444 e. The Morgan fingerprint density at radius 2 is 2.15 bits per heavy atom. The van der Waals surface area contributed by atoms with Gasteiger partial charge in [-0.25, -0.2) is 4.79 Å². The van der Waals surface area contributed by atoms with Crippen molar-refractivity contribution in [2.45, 2.75) is 39.3 Å². The number of oxime groups is 1. The summed E-state index contributed by atoms with van der Waals surface area (Å²) < 4.78 is 4.96. The molecule has 1 atom stereocenters. The van der Waals surface area contributed by atoms with Gasteiger partial charge in [0, 0.05) is 0 Å². The summed E-state index contributed by atoms with van der Waals surface area (Å²) in [5, 5.41) is 13.4. The first-order valence-corrected chi connectivity index (χ1v) is 4.02. The van der Waals surface area contributed by atoms with E-state index >= 15 is 0 Å². The second-order valence-electron chi connectivity index (χ2n) is 3.70. The smallest absolute Gasteiger partial charge is 0.408 e. The number of hydrogen-bond donors (Lipinski definition) is 2. The van der Waals surface area contributed by atoms with Gasteiger partial charge in [0.15, 0.2) is 0 Å². The number of ether oxygens (including phenoxy) is 1. The van der Waals surface area contributed by atoms with Crippen molar-refractivity contribution < 1.29 is 14.7 Å². The number of rotatable bonds is 2. The predicted molar refractivity (Wildman–Crippen MR) is 49.1 cm³/mol. The summed E-state index contributed by atoms with van der Waals surface area (Å²) in [7, 11) is 0. The summed E-state index contributed by atoms with van der Waals surface area (Å²) in [6, 6.07) is -0.347. The number of amides is 1. The van der Waals surface area contributed by atoms with Gasteiger partial charge in [-0.1, -0.05) is 5.16 Å². The van der Waals surface area contributed by atoms with Gasteiger partial charge in [0.25, 0.3) is 0 Å². The Morgan fingerprint density at radius 1 is 1.62 bits per heavy atom. The van der Waals surface area contributed by atoms with E-state index in [1.165, 1.54) is 6.21 Å². The lowest BCUT2D eigenvalue weighted by atomic mass is 10.2. The Bertz CT molecular complexity index is 196. The maximum atomic E-state index is 11.1. The normalized spacial score (nSPS) is 14.2. The predicted octanol–water partition coefficient (Wildman–Crippen LogP) is 1.36. The van der Waals surface area contributed by atoms with Gasteiger partial charge in [-0.3, -0.25) is 0 Å². The molecule has 0 unspecified atom stereocenters. The van der Waals surface area contributed by atoms with Crippen molar-refractivity contribution in [3.05, 3.63) is 0 Å². The van der Waals surface area contributed by atoms with Crippen molar-refractivity contribution in [3.8, 4) is 0 Å². The highest BCUT2D eigenvalue weighted by Gasteiger charge is 2.16. The van der Waals surface area contributed by atoms with Gasteiger partial charge in [-0.2, -0.15) is 0 Å². The van der Waals surface area contributed by atoms with Crippen LogP contribution in [0.15, 0.2) is 5.16 Å².